The van der Waals surface area contributed by atoms with E-state index in [4.69, 9.17) is 21.6 Å². The third-order valence-corrected chi connectivity index (χ3v) is 7.91. The monoisotopic (exact) mass is 374 g/mol. The van der Waals surface area contributed by atoms with Crippen LogP contribution in [0.5, 0.6) is 0 Å². The Hall–Kier alpha value is -0.0856. The van der Waals surface area contributed by atoms with Gasteiger partial charge in [0.05, 0.1) is 0 Å². The Balaban J connectivity index is 1.95. The van der Waals surface area contributed by atoms with Gasteiger partial charge in [-0.15, -0.1) is 0 Å². The average Bonchev–Trinajstić information content (AvgIpc) is 2.85. The van der Waals surface area contributed by atoms with Gasteiger partial charge < -0.3 is 0 Å². The van der Waals surface area contributed by atoms with Gasteiger partial charge in [-0.3, -0.25) is 0 Å². The summed E-state index contributed by atoms with van der Waals surface area (Å²) in [6.07, 6.45) is 1.76. The Morgan fingerprint density at radius 3 is 2.52 bits per heavy atom. The van der Waals surface area contributed by atoms with Gasteiger partial charge in [0.25, 0.3) is 0 Å². The Morgan fingerprint density at radius 1 is 1.24 bits per heavy atom. The predicted octanol–water partition coefficient (Wildman–Crippen LogP) is 2.38. The number of hydrogen-bond donors (Lipinski definition) is 0. The van der Waals surface area contributed by atoms with Crippen LogP contribution >= 0.6 is 7.60 Å². The number of rotatable bonds is 7. The second kappa shape index (κ2) is 7.96. The molecule has 1 fully saturated rings. The Bertz CT molecular complexity index is 479. The third-order valence-electron chi connectivity index (χ3n) is 3.52. The van der Waals surface area contributed by atoms with Crippen LogP contribution in [0.3, 0.4) is 0 Å². The summed E-state index contributed by atoms with van der Waals surface area (Å²) in [5.74, 6) is 0.148. The Kier molecular flexibility index (Phi) is 6.55. The van der Waals surface area contributed by atoms with Crippen molar-refractivity contribution in [1.29, 1.82) is 0 Å². The number of ether oxygens (including phenoxy) is 1. The Labute approximate surface area is 134 Å². The molecule has 1 aliphatic carbocycles. The van der Waals surface area contributed by atoms with Crippen molar-refractivity contribution in [3.63, 3.8) is 0 Å². The van der Waals surface area contributed by atoms with E-state index >= 15 is 0 Å². The van der Waals surface area contributed by atoms with Crippen molar-refractivity contribution in [2.45, 2.75) is 29.6 Å². The zero-order chi connectivity index (χ0) is 15.3. The molecule has 0 saturated heterocycles. The standard InChI is InChI=1S/C14H20BO4PSe/c1-17-20(16,18-2)10-19-13-8-11(15)9-14(13)21-12-6-4-3-5-7-12/h3-7,11,13-14H,8-10H2,1-2H3. The summed E-state index contributed by atoms with van der Waals surface area (Å²) >= 11 is 0.296. The second-order valence-corrected chi connectivity index (χ2v) is 9.98. The van der Waals surface area contributed by atoms with E-state index in [1.807, 2.05) is 18.2 Å². The van der Waals surface area contributed by atoms with Gasteiger partial charge in [-0.2, -0.15) is 0 Å². The summed E-state index contributed by atoms with van der Waals surface area (Å²) < 4.78 is 29.0. The molecule has 0 heterocycles. The van der Waals surface area contributed by atoms with Crippen LogP contribution in [0.4, 0.5) is 0 Å². The van der Waals surface area contributed by atoms with Gasteiger partial charge in [-0.05, 0) is 0 Å². The van der Waals surface area contributed by atoms with E-state index in [-0.39, 0.29) is 18.3 Å². The van der Waals surface area contributed by atoms with Crippen molar-refractivity contribution in [2.75, 3.05) is 20.6 Å². The molecule has 3 atom stereocenters. The molecular weight excluding hydrogens is 353 g/mol. The summed E-state index contributed by atoms with van der Waals surface area (Å²) in [5, 5.41) is 0. The van der Waals surface area contributed by atoms with Gasteiger partial charge >= 0.3 is 134 Å². The van der Waals surface area contributed by atoms with Crippen LogP contribution in [-0.4, -0.2) is 49.5 Å². The van der Waals surface area contributed by atoms with Crippen molar-refractivity contribution in [3.8, 4) is 0 Å². The molecule has 0 spiro atoms. The van der Waals surface area contributed by atoms with E-state index in [9.17, 15) is 4.57 Å². The molecule has 0 amide bonds. The summed E-state index contributed by atoms with van der Waals surface area (Å²) in [5.41, 5.74) is 0. The van der Waals surface area contributed by atoms with Crippen LogP contribution in [0, 0.1) is 0 Å². The predicted molar refractivity (Wildman–Crippen MR) is 85.7 cm³/mol. The molecule has 1 aromatic carbocycles. The molecule has 114 valence electrons. The maximum absolute atomic E-state index is 12.1. The van der Waals surface area contributed by atoms with Crippen LogP contribution in [0.2, 0.25) is 10.6 Å². The molecule has 0 aromatic heterocycles. The SMILES string of the molecule is [B]C1CC(OCP(=O)(OC)OC)C([Se]c2ccccc2)C1. The van der Waals surface area contributed by atoms with Crippen LogP contribution < -0.4 is 4.46 Å². The van der Waals surface area contributed by atoms with Crippen LogP contribution in [0.25, 0.3) is 0 Å². The fourth-order valence-corrected chi connectivity index (χ4v) is 5.90. The summed E-state index contributed by atoms with van der Waals surface area (Å²) in [6, 6.07) is 10.4. The van der Waals surface area contributed by atoms with Crippen LogP contribution in [0.15, 0.2) is 30.3 Å². The minimum atomic E-state index is -3.12. The normalized spacial score (nSPS) is 26.1. The molecular formula is C14H20BO4PSe. The maximum atomic E-state index is 12.1. The van der Waals surface area contributed by atoms with Crippen molar-refractivity contribution in [2.24, 2.45) is 0 Å². The Morgan fingerprint density at radius 2 is 1.90 bits per heavy atom. The molecule has 7 heteroatoms. The average molecular weight is 373 g/mol. The topological polar surface area (TPSA) is 44.8 Å². The van der Waals surface area contributed by atoms with Crippen molar-refractivity contribution in [1.82, 2.24) is 0 Å². The van der Waals surface area contributed by atoms with Gasteiger partial charge in [0.2, 0.25) is 0 Å². The first-order valence-electron chi connectivity index (χ1n) is 6.85. The van der Waals surface area contributed by atoms with Crippen molar-refractivity contribution >= 4 is 34.9 Å². The summed E-state index contributed by atoms with van der Waals surface area (Å²) in [7, 11) is 5.70. The zero-order valence-electron chi connectivity index (χ0n) is 12.3. The van der Waals surface area contributed by atoms with E-state index in [2.05, 4.69) is 12.1 Å². The molecule has 0 bridgehead atoms. The van der Waals surface area contributed by atoms with Crippen molar-refractivity contribution in [3.05, 3.63) is 30.3 Å². The molecule has 4 nitrogen and oxygen atoms in total. The first-order valence-corrected chi connectivity index (χ1v) is 10.4. The molecule has 1 aliphatic rings. The van der Waals surface area contributed by atoms with Gasteiger partial charge in [-0.1, -0.05) is 0 Å². The van der Waals surface area contributed by atoms with E-state index < -0.39 is 7.60 Å². The van der Waals surface area contributed by atoms with Gasteiger partial charge in [-0.25, -0.2) is 0 Å². The summed E-state index contributed by atoms with van der Waals surface area (Å²) in [4.78, 5) is 0.400. The molecule has 2 rings (SSSR count). The fourth-order valence-electron chi connectivity index (χ4n) is 2.34. The molecule has 0 aliphatic heterocycles. The zero-order valence-corrected chi connectivity index (χ0v) is 14.9. The quantitative estimate of drug-likeness (QED) is 0.544. The van der Waals surface area contributed by atoms with E-state index in [0.29, 0.717) is 19.8 Å². The third kappa shape index (κ3) is 4.95. The van der Waals surface area contributed by atoms with Crippen LogP contribution in [-0.2, 0) is 18.3 Å². The molecule has 1 saturated carbocycles. The first kappa shape index (κ1) is 17.3. The van der Waals surface area contributed by atoms with E-state index in [1.54, 1.807) is 0 Å². The van der Waals surface area contributed by atoms with Gasteiger partial charge in [0.15, 0.2) is 0 Å². The molecule has 0 N–H and O–H groups in total. The fraction of sp³-hybridized carbons (Fsp3) is 0.571. The molecule has 2 radical (unpaired) electrons. The van der Waals surface area contributed by atoms with E-state index in [0.717, 1.165) is 12.8 Å². The minimum absolute atomic E-state index is 0.0151. The van der Waals surface area contributed by atoms with E-state index in [1.165, 1.54) is 18.7 Å². The van der Waals surface area contributed by atoms with Crippen LogP contribution in [0.1, 0.15) is 12.8 Å². The molecule has 1 aromatic rings. The van der Waals surface area contributed by atoms with Gasteiger partial charge in [0, 0.05) is 0 Å². The first-order chi connectivity index (χ1) is 10.1. The molecule has 21 heavy (non-hydrogen) atoms. The number of benzene rings is 1. The molecule has 3 unspecified atom stereocenters. The summed E-state index contributed by atoms with van der Waals surface area (Å²) in [6.45, 7) is 0. The number of hydrogen-bond acceptors (Lipinski definition) is 4. The second-order valence-electron chi connectivity index (χ2n) is 5.01. The van der Waals surface area contributed by atoms with Gasteiger partial charge in [0.1, 0.15) is 0 Å². The van der Waals surface area contributed by atoms with Crippen molar-refractivity contribution < 1.29 is 18.3 Å².